The van der Waals surface area contributed by atoms with E-state index in [2.05, 4.69) is 5.32 Å². The molecule has 8 nitrogen and oxygen atoms in total. The first-order valence-electron chi connectivity index (χ1n) is 9.84. The molecule has 1 aromatic rings. The van der Waals surface area contributed by atoms with Crippen LogP contribution in [-0.2, 0) is 24.3 Å². The zero-order valence-electron chi connectivity index (χ0n) is 16.7. The van der Waals surface area contributed by atoms with Crippen LogP contribution in [0.4, 0.5) is 0 Å². The van der Waals surface area contributed by atoms with Crippen LogP contribution in [0, 0.1) is 0 Å². The number of ketones is 1. The Labute approximate surface area is 171 Å². The highest BCUT2D eigenvalue weighted by Gasteiger charge is 2.27. The largest absolute Gasteiger partial charge is 0.457 e. The highest BCUT2D eigenvalue weighted by Crippen LogP contribution is 2.21. The summed E-state index contributed by atoms with van der Waals surface area (Å²) in [4.78, 5) is 34.8. The predicted molar refractivity (Wildman–Crippen MR) is 107 cm³/mol. The lowest BCUT2D eigenvalue weighted by molar-refractivity contribution is -0.142. The van der Waals surface area contributed by atoms with Gasteiger partial charge in [-0.15, -0.1) is 0 Å². The van der Waals surface area contributed by atoms with Gasteiger partial charge in [-0.2, -0.15) is 4.31 Å². The Morgan fingerprint density at radius 3 is 2.31 bits per heavy atom. The van der Waals surface area contributed by atoms with Gasteiger partial charge in [0.15, 0.2) is 12.4 Å². The Morgan fingerprint density at radius 2 is 1.69 bits per heavy atom. The van der Waals surface area contributed by atoms with Crippen LogP contribution in [0.1, 0.15) is 55.8 Å². The van der Waals surface area contributed by atoms with Crippen molar-refractivity contribution in [3.05, 3.63) is 29.8 Å². The van der Waals surface area contributed by atoms with E-state index in [-0.39, 0.29) is 29.6 Å². The van der Waals surface area contributed by atoms with E-state index in [4.69, 9.17) is 4.74 Å². The summed E-state index contributed by atoms with van der Waals surface area (Å²) in [6.45, 7) is 2.70. The smallest absolute Gasteiger partial charge is 0.306 e. The lowest BCUT2D eigenvalue weighted by Crippen LogP contribution is -2.27. The molecule has 0 bridgehead atoms. The molecular weight excluding hydrogens is 396 g/mol. The lowest BCUT2D eigenvalue weighted by atomic mass is 10.1. The van der Waals surface area contributed by atoms with Crippen LogP contribution >= 0.6 is 0 Å². The Balaban J connectivity index is 1.73. The molecule has 1 N–H and O–H groups in total. The first-order chi connectivity index (χ1) is 13.8. The summed E-state index contributed by atoms with van der Waals surface area (Å²) in [6, 6.07) is 5.72. The summed E-state index contributed by atoms with van der Waals surface area (Å²) in [5.41, 5.74) is 0.300. The highest BCUT2D eigenvalue weighted by molar-refractivity contribution is 7.89. The molecule has 0 saturated carbocycles. The van der Waals surface area contributed by atoms with Gasteiger partial charge in [0.1, 0.15) is 0 Å². The Kier molecular flexibility index (Phi) is 8.78. The molecule has 1 saturated heterocycles. The number of carbonyl (C=O) groups excluding carboxylic acids is 3. The molecule has 1 aromatic carbocycles. The molecular formula is C20H28N2O6S. The van der Waals surface area contributed by atoms with Crippen molar-refractivity contribution in [2.45, 2.75) is 50.3 Å². The van der Waals surface area contributed by atoms with E-state index in [0.29, 0.717) is 31.6 Å². The molecule has 1 aliphatic heterocycles. The summed E-state index contributed by atoms with van der Waals surface area (Å²) < 4.78 is 31.4. The van der Waals surface area contributed by atoms with Crippen LogP contribution in [0.25, 0.3) is 0 Å². The van der Waals surface area contributed by atoms with Crippen molar-refractivity contribution in [3.8, 4) is 0 Å². The molecule has 0 unspecified atom stereocenters. The van der Waals surface area contributed by atoms with Crippen molar-refractivity contribution in [2.24, 2.45) is 0 Å². The average molecular weight is 425 g/mol. The van der Waals surface area contributed by atoms with Crippen molar-refractivity contribution >= 4 is 27.7 Å². The van der Waals surface area contributed by atoms with E-state index in [1.165, 1.54) is 35.5 Å². The van der Waals surface area contributed by atoms with Gasteiger partial charge >= 0.3 is 5.97 Å². The number of esters is 1. The molecule has 0 aliphatic carbocycles. The zero-order chi connectivity index (χ0) is 21.3. The minimum atomic E-state index is -3.52. The number of sulfonamides is 1. The Hall–Kier alpha value is -2.26. The number of rotatable bonds is 11. The van der Waals surface area contributed by atoms with Crippen LogP contribution in [0.15, 0.2) is 29.2 Å². The van der Waals surface area contributed by atoms with Crippen molar-refractivity contribution in [3.63, 3.8) is 0 Å². The Bertz CT molecular complexity index is 814. The minimum absolute atomic E-state index is 0.0791. The molecule has 9 heteroatoms. The van der Waals surface area contributed by atoms with Crippen LogP contribution < -0.4 is 5.32 Å². The fourth-order valence-electron chi connectivity index (χ4n) is 3.03. The van der Waals surface area contributed by atoms with Gasteiger partial charge in [0, 0.05) is 38.5 Å². The number of hydrogen-bond acceptors (Lipinski definition) is 6. The van der Waals surface area contributed by atoms with E-state index in [1.54, 1.807) is 0 Å². The number of nitrogens with one attached hydrogen (secondary N) is 1. The molecule has 0 spiro atoms. The Morgan fingerprint density at radius 1 is 1.03 bits per heavy atom. The molecule has 2 rings (SSSR count). The second kappa shape index (κ2) is 11.1. The summed E-state index contributed by atoms with van der Waals surface area (Å²) >= 11 is 0. The minimum Gasteiger partial charge on any atom is -0.457 e. The van der Waals surface area contributed by atoms with Crippen molar-refractivity contribution < 1.29 is 27.5 Å². The summed E-state index contributed by atoms with van der Waals surface area (Å²) in [7, 11) is -3.52. The van der Waals surface area contributed by atoms with Crippen molar-refractivity contribution in [1.82, 2.24) is 9.62 Å². The molecule has 0 radical (unpaired) electrons. The number of hydrogen-bond donors (Lipinski definition) is 1. The molecule has 160 valence electrons. The quantitative estimate of drug-likeness (QED) is 0.330. The van der Waals surface area contributed by atoms with Crippen LogP contribution in [-0.4, -0.2) is 56.6 Å². The SMILES string of the molecule is CC(=O)NCCCCCC(=O)OCC(=O)c1ccc(S(=O)(=O)N2CCCC2)cc1. The fraction of sp³-hybridized carbons (Fsp3) is 0.550. The molecule has 1 heterocycles. The lowest BCUT2D eigenvalue weighted by Gasteiger charge is -2.15. The van der Waals surface area contributed by atoms with Gasteiger partial charge in [0.2, 0.25) is 15.9 Å². The first kappa shape index (κ1) is 23.0. The molecule has 0 atom stereocenters. The van der Waals surface area contributed by atoms with Crippen molar-refractivity contribution in [2.75, 3.05) is 26.2 Å². The molecule has 1 aliphatic rings. The maximum atomic E-state index is 12.5. The molecule has 1 fully saturated rings. The predicted octanol–water partition coefficient (Wildman–Crippen LogP) is 1.89. The molecule has 0 aromatic heterocycles. The number of nitrogens with zero attached hydrogens (tertiary/aromatic N) is 1. The highest BCUT2D eigenvalue weighted by atomic mass is 32.2. The van der Waals surface area contributed by atoms with E-state index in [9.17, 15) is 22.8 Å². The number of benzene rings is 1. The van der Waals surface area contributed by atoms with Crippen LogP contribution in [0.2, 0.25) is 0 Å². The average Bonchev–Trinajstić information content (AvgIpc) is 3.24. The van der Waals surface area contributed by atoms with Gasteiger partial charge < -0.3 is 10.1 Å². The van der Waals surface area contributed by atoms with Gasteiger partial charge in [-0.3, -0.25) is 14.4 Å². The topological polar surface area (TPSA) is 110 Å². The second-order valence-electron chi connectivity index (χ2n) is 7.01. The normalized spacial score (nSPS) is 14.5. The van der Waals surface area contributed by atoms with E-state index >= 15 is 0 Å². The van der Waals surface area contributed by atoms with Crippen LogP contribution in [0.5, 0.6) is 0 Å². The maximum Gasteiger partial charge on any atom is 0.306 e. The zero-order valence-corrected chi connectivity index (χ0v) is 17.5. The third kappa shape index (κ3) is 7.25. The molecule has 1 amide bonds. The number of ether oxygens (including phenoxy) is 1. The van der Waals surface area contributed by atoms with Gasteiger partial charge in [-0.05, 0) is 49.9 Å². The third-order valence-corrected chi connectivity index (χ3v) is 6.59. The number of Topliss-reactive ketones (excluding diaryl/α,β-unsaturated/α-hetero) is 1. The van der Waals surface area contributed by atoms with Gasteiger partial charge in [0.25, 0.3) is 0 Å². The fourth-order valence-corrected chi connectivity index (χ4v) is 4.54. The number of amides is 1. The number of unbranched alkanes of at least 4 members (excludes halogenated alkanes) is 2. The summed E-state index contributed by atoms with van der Waals surface area (Å²) in [5.74, 6) is -0.912. The van der Waals surface area contributed by atoms with Crippen LogP contribution in [0.3, 0.4) is 0 Å². The first-order valence-corrected chi connectivity index (χ1v) is 11.3. The second-order valence-corrected chi connectivity index (χ2v) is 8.95. The standard InChI is InChI=1S/C20H28N2O6S/c1-16(23)21-12-4-2-3-7-20(25)28-15-19(24)17-8-10-18(11-9-17)29(26,27)22-13-5-6-14-22/h8-11H,2-7,12-15H2,1H3,(H,21,23). The van der Waals surface area contributed by atoms with Crippen molar-refractivity contribution in [1.29, 1.82) is 0 Å². The third-order valence-electron chi connectivity index (χ3n) is 4.67. The summed E-state index contributed by atoms with van der Waals surface area (Å²) in [5, 5.41) is 2.68. The van der Waals surface area contributed by atoms with Gasteiger partial charge in [-0.25, -0.2) is 8.42 Å². The van der Waals surface area contributed by atoms with Gasteiger partial charge in [-0.1, -0.05) is 6.42 Å². The van der Waals surface area contributed by atoms with E-state index < -0.39 is 16.0 Å². The summed E-state index contributed by atoms with van der Waals surface area (Å²) in [6.07, 6.45) is 4.09. The van der Waals surface area contributed by atoms with E-state index in [1.807, 2.05) is 0 Å². The monoisotopic (exact) mass is 424 g/mol. The van der Waals surface area contributed by atoms with Gasteiger partial charge in [0.05, 0.1) is 4.90 Å². The number of carbonyl (C=O) groups is 3. The maximum absolute atomic E-state index is 12.5. The van der Waals surface area contributed by atoms with E-state index in [0.717, 1.165) is 25.7 Å². The molecule has 29 heavy (non-hydrogen) atoms.